The molecule has 0 unspecified atom stereocenters. The molecule has 0 fully saturated rings. The van der Waals surface area contributed by atoms with Gasteiger partial charge in [0.25, 0.3) is 0 Å². The molecule has 0 aliphatic heterocycles. The Hall–Kier alpha value is -0.800. The summed E-state index contributed by atoms with van der Waals surface area (Å²) < 4.78 is 5.35. The average molecular weight is 287 g/mol. The molecular weight excluding hydrogens is 277 g/mol. The predicted molar refractivity (Wildman–Crippen MR) is 64.3 cm³/mol. The third-order valence-electron chi connectivity index (χ3n) is 2.07. The fraction of sp³-hybridized carbons (Fsp3) is 0.182. The van der Waals surface area contributed by atoms with Gasteiger partial charge in [0, 0.05) is 15.9 Å². The molecule has 0 aliphatic carbocycles. The zero-order valence-corrected chi connectivity index (χ0v) is 10.5. The number of aryl methyl sites for hydroxylation is 1. The fourth-order valence-corrected chi connectivity index (χ4v) is 2.16. The lowest BCUT2D eigenvalue weighted by Gasteiger charge is -2.01. The van der Waals surface area contributed by atoms with E-state index in [4.69, 9.17) is 16.0 Å². The number of oxazole rings is 1. The zero-order chi connectivity index (χ0) is 10.8. The maximum atomic E-state index is 5.99. The average Bonchev–Trinajstić information content (AvgIpc) is 2.63. The Morgan fingerprint density at radius 3 is 2.87 bits per heavy atom. The number of rotatable bonds is 2. The lowest BCUT2D eigenvalue weighted by atomic mass is 10.1. The Balaban J connectivity index is 2.53. The summed E-state index contributed by atoms with van der Waals surface area (Å²) in [4.78, 5) is 4.11. The second-order valence-electron chi connectivity index (χ2n) is 3.28. The first-order valence-electron chi connectivity index (χ1n) is 4.46. The van der Waals surface area contributed by atoms with Gasteiger partial charge in [-0.3, -0.25) is 0 Å². The molecule has 1 aromatic carbocycles. The van der Waals surface area contributed by atoms with Gasteiger partial charge in [-0.05, 0) is 30.7 Å². The van der Waals surface area contributed by atoms with E-state index in [-0.39, 0.29) is 0 Å². The van der Waals surface area contributed by atoms with Crippen molar-refractivity contribution < 1.29 is 4.42 Å². The zero-order valence-electron chi connectivity index (χ0n) is 8.13. The Morgan fingerprint density at radius 1 is 1.40 bits per heavy atom. The van der Waals surface area contributed by atoms with Crippen molar-refractivity contribution in [1.82, 2.24) is 4.98 Å². The first-order valence-corrected chi connectivity index (χ1v) is 5.96. The summed E-state index contributed by atoms with van der Waals surface area (Å²) in [7, 11) is 0. The van der Waals surface area contributed by atoms with Crippen LogP contribution in [0.4, 0.5) is 0 Å². The smallest absolute Gasteiger partial charge is 0.181 e. The van der Waals surface area contributed by atoms with Crippen LogP contribution in [-0.4, -0.2) is 4.98 Å². The Morgan fingerprint density at radius 2 is 2.20 bits per heavy atom. The number of halogens is 2. The fourth-order valence-electron chi connectivity index (χ4n) is 1.47. The van der Waals surface area contributed by atoms with Crippen molar-refractivity contribution >= 4 is 27.5 Å². The van der Waals surface area contributed by atoms with E-state index in [9.17, 15) is 0 Å². The van der Waals surface area contributed by atoms with Gasteiger partial charge in [-0.2, -0.15) is 0 Å². The van der Waals surface area contributed by atoms with E-state index in [0.29, 0.717) is 10.4 Å². The summed E-state index contributed by atoms with van der Waals surface area (Å²) in [6.07, 6.45) is 1.45. The molecule has 0 saturated heterocycles. The van der Waals surface area contributed by atoms with Crippen LogP contribution >= 0.6 is 27.5 Å². The summed E-state index contributed by atoms with van der Waals surface area (Å²) in [5.74, 6) is 0.775. The molecule has 0 amide bonds. The van der Waals surface area contributed by atoms with E-state index in [1.54, 1.807) is 0 Å². The highest BCUT2D eigenvalue weighted by atomic mass is 79.9. The predicted octanol–water partition coefficient (Wildman–Crippen LogP) is 4.20. The van der Waals surface area contributed by atoms with E-state index in [2.05, 4.69) is 20.9 Å². The first kappa shape index (κ1) is 10.7. The Bertz CT molecular complexity index is 461. The van der Waals surface area contributed by atoms with Gasteiger partial charge < -0.3 is 4.42 Å². The molecular formula is C11H9BrClNO. The summed E-state index contributed by atoms with van der Waals surface area (Å²) in [6, 6.07) is 5.81. The molecule has 78 valence electrons. The van der Waals surface area contributed by atoms with Crippen LogP contribution in [0.15, 0.2) is 29.0 Å². The number of hydrogen-bond donors (Lipinski definition) is 0. The van der Waals surface area contributed by atoms with Crippen LogP contribution in [0.5, 0.6) is 0 Å². The summed E-state index contributed by atoms with van der Waals surface area (Å²) >= 11 is 9.36. The SMILES string of the molecule is Cc1cc(Cl)cc(-c2ocnc2CBr)c1. The molecule has 0 bridgehead atoms. The van der Waals surface area contributed by atoms with E-state index in [1.165, 1.54) is 6.39 Å². The van der Waals surface area contributed by atoms with Gasteiger partial charge >= 0.3 is 0 Å². The van der Waals surface area contributed by atoms with Crippen molar-refractivity contribution in [2.24, 2.45) is 0 Å². The molecule has 0 aliphatic rings. The van der Waals surface area contributed by atoms with Crippen molar-refractivity contribution in [2.75, 3.05) is 0 Å². The van der Waals surface area contributed by atoms with Gasteiger partial charge in [0.15, 0.2) is 12.2 Å². The van der Waals surface area contributed by atoms with Crippen LogP contribution in [0.3, 0.4) is 0 Å². The van der Waals surface area contributed by atoms with Crippen LogP contribution in [0.2, 0.25) is 5.02 Å². The molecule has 2 aromatic rings. The number of benzene rings is 1. The van der Waals surface area contributed by atoms with Crippen molar-refractivity contribution in [3.8, 4) is 11.3 Å². The maximum Gasteiger partial charge on any atom is 0.181 e. The molecule has 0 saturated carbocycles. The van der Waals surface area contributed by atoms with Crippen molar-refractivity contribution in [3.63, 3.8) is 0 Å². The van der Waals surface area contributed by atoms with Crippen LogP contribution < -0.4 is 0 Å². The van der Waals surface area contributed by atoms with Gasteiger partial charge in [-0.15, -0.1) is 0 Å². The van der Waals surface area contributed by atoms with E-state index >= 15 is 0 Å². The third-order valence-corrected chi connectivity index (χ3v) is 2.82. The maximum absolute atomic E-state index is 5.99. The quantitative estimate of drug-likeness (QED) is 0.773. The standard InChI is InChI=1S/C11H9BrClNO/c1-7-2-8(4-9(13)3-7)11-10(5-12)14-6-15-11/h2-4,6H,5H2,1H3. The van der Waals surface area contributed by atoms with Crippen molar-refractivity contribution in [2.45, 2.75) is 12.3 Å². The normalized spacial score (nSPS) is 10.6. The summed E-state index contributed by atoms with van der Waals surface area (Å²) in [6.45, 7) is 2.00. The largest absolute Gasteiger partial charge is 0.443 e. The van der Waals surface area contributed by atoms with E-state index < -0.39 is 0 Å². The molecule has 1 heterocycles. The van der Waals surface area contributed by atoms with Crippen LogP contribution in [-0.2, 0) is 5.33 Å². The van der Waals surface area contributed by atoms with Crippen LogP contribution in [0.25, 0.3) is 11.3 Å². The summed E-state index contributed by atoms with van der Waals surface area (Å²) in [5.41, 5.74) is 2.96. The monoisotopic (exact) mass is 285 g/mol. The van der Waals surface area contributed by atoms with Gasteiger partial charge in [0.1, 0.15) is 0 Å². The Kier molecular flexibility index (Phi) is 3.12. The van der Waals surface area contributed by atoms with Gasteiger partial charge in [0.2, 0.25) is 0 Å². The van der Waals surface area contributed by atoms with Crippen LogP contribution in [0.1, 0.15) is 11.3 Å². The van der Waals surface area contributed by atoms with Crippen molar-refractivity contribution in [1.29, 1.82) is 0 Å². The molecule has 0 atom stereocenters. The molecule has 2 rings (SSSR count). The van der Waals surface area contributed by atoms with E-state index in [0.717, 1.165) is 22.6 Å². The topological polar surface area (TPSA) is 26.0 Å². The minimum absolute atomic E-state index is 0.671. The number of aromatic nitrogens is 1. The molecule has 0 radical (unpaired) electrons. The Labute approximate surface area is 101 Å². The number of alkyl halides is 1. The highest BCUT2D eigenvalue weighted by molar-refractivity contribution is 9.08. The molecule has 0 N–H and O–H groups in total. The number of hydrogen-bond acceptors (Lipinski definition) is 2. The molecule has 0 spiro atoms. The van der Waals surface area contributed by atoms with E-state index in [1.807, 2.05) is 25.1 Å². The molecule has 1 aromatic heterocycles. The minimum atomic E-state index is 0.671. The first-order chi connectivity index (χ1) is 7.20. The van der Waals surface area contributed by atoms with Gasteiger partial charge in [-0.1, -0.05) is 27.5 Å². The molecule has 2 nitrogen and oxygen atoms in total. The minimum Gasteiger partial charge on any atom is -0.443 e. The lowest BCUT2D eigenvalue weighted by Crippen LogP contribution is -1.84. The highest BCUT2D eigenvalue weighted by Gasteiger charge is 2.10. The molecule has 4 heteroatoms. The van der Waals surface area contributed by atoms with Gasteiger partial charge in [0.05, 0.1) is 5.69 Å². The lowest BCUT2D eigenvalue weighted by molar-refractivity contribution is 0.571. The highest BCUT2D eigenvalue weighted by Crippen LogP contribution is 2.28. The second-order valence-corrected chi connectivity index (χ2v) is 4.28. The molecule has 15 heavy (non-hydrogen) atoms. The van der Waals surface area contributed by atoms with Crippen LogP contribution in [0, 0.1) is 6.92 Å². The second kappa shape index (κ2) is 4.37. The number of nitrogens with zero attached hydrogens (tertiary/aromatic N) is 1. The third kappa shape index (κ3) is 2.24. The summed E-state index contributed by atoms with van der Waals surface area (Å²) in [5, 5.41) is 1.38. The van der Waals surface area contributed by atoms with Gasteiger partial charge in [-0.25, -0.2) is 4.98 Å². The van der Waals surface area contributed by atoms with Crippen molar-refractivity contribution in [3.05, 3.63) is 40.9 Å².